The van der Waals surface area contributed by atoms with Crippen LogP contribution in [0.3, 0.4) is 0 Å². The van der Waals surface area contributed by atoms with Gasteiger partial charge in [0, 0.05) is 11.1 Å². The maximum absolute atomic E-state index is 12.6. The predicted molar refractivity (Wildman–Crippen MR) is 108 cm³/mol. The third-order valence-electron chi connectivity index (χ3n) is 3.82. The summed E-state index contributed by atoms with van der Waals surface area (Å²) in [4.78, 5) is 27.1. The number of nitrogens with zero attached hydrogens (tertiary/aromatic N) is 3. The number of halogens is 1. The number of primary sulfonamides is 1. The number of benzene rings is 2. The SMILES string of the molecule is C#CCn1c(=NC(=O)c2cc(Cl)ccc2[N+](=O)[O-])sc2cc(S(N)(=O)=O)ccc21. The molecule has 0 aliphatic heterocycles. The van der Waals surface area contributed by atoms with E-state index in [4.69, 9.17) is 23.2 Å². The highest BCUT2D eigenvalue weighted by molar-refractivity contribution is 7.89. The highest BCUT2D eigenvalue weighted by Gasteiger charge is 2.21. The maximum atomic E-state index is 12.6. The van der Waals surface area contributed by atoms with Crippen molar-refractivity contribution in [3.05, 3.63) is 61.9 Å². The fourth-order valence-corrected chi connectivity index (χ4v) is 4.40. The fraction of sp³-hybridized carbons (Fsp3) is 0.0588. The molecule has 0 radical (unpaired) electrons. The first-order chi connectivity index (χ1) is 13.6. The van der Waals surface area contributed by atoms with Crippen LogP contribution < -0.4 is 9.94 Å². The Labute approximate surface area is 173 Å². The van der Waals surface area contributed by atoms with Crippen LogP contribution in [0.2, 0.25) is 5.02 Å². The molecule has 1 amide bonds. The van der Waals surface area contributed by atoms with Crippen LogP contribution in [-0.2, 0) is 16.6 Å². The lowest BCUT2D eigenvalue weighted by atomic mass is 10.2. The molecular formula is C17H11ClN4O5S2. The summed E-state index contributed by atoms with van der Waals surface area (Å²) in [5, 5.41) is 16.5. The molecule has 0 saturated carbocycles. The number of terminal acetylenes is 1. The number of hydrogen-bond donors (Lipinski definition) is 1. The van der Waals surface area contributed by atoms with E-state index in [1.807, 2.05) is 0 Å². The van der Waals surface area contributed by atoms with Gasteiger partial charge in [-0.3, -0.25) is 14.9 Å². The molecule has 2 aromatic carbocycles. The lowest BCUT2D eigenvalue weighted by Crippen LogP contribution is -2.17. The number of hydrogen-bond acceptors (Lipinski definition) is 6. The van der Waals surface area contributed by atoms with Crippen molar-refractivity contribution >= 4 is 54.8 Å². The van der Waals surface area contributed by atoms with Crippen molar-refractivity contribution in [1.29, 1.82) is 0 Å². The van der Waals surface area contributed by atoms with Gasteiger partial charge in [-0.1, -0.05) is 28.9 Å². The van der Waals surface area contributed by atoms with Gasteiger partial charge >= 0.3 is 0 Å². The molecule has 0 unspecified atom stereocenters. The Morgan fingerprint density at radius 2 is 2.07 bits per heavy atom. The van der Waals surface area contributed by atoms with Crippen molar-refractivity contribution in [2.24, 2.45) is 10.1 Å². The van der Waals surface area contributed by atoms with Crippen LogP contribution in [-0.4, -0.2) is 23.8 Å². The number of thiazole rings is 1. The molecule has 0 aliphatic rings. The summed E-state index contributed by atoms with van der Waals surface area (Å²) in [6.07, 6.45) is 5.39. The van der Waals surface area contributed by atoms with Crippen LogP contribution in [0.5, 0.6) is 0 Å². The number of carbonyl (C=O) groups excluding carboxylic acids is 1. The molecule has 1 aromatic heterocycles. The highest BCUT2D eigenvalue weighted by Crippen LogP contribution is 2.24. The van der Waals surface area contributed by atoms with Gasteiger partial charge in [0.1, 0.15) is 5.56 Å². The monoisotopic (exact) mass is 450 g/mol. The average molecular weight is 451 g/mol. The Bertz CT molecular complexity index is 1380. The van der Waals surface area contributed by atoms with Crippen LogP contribution in [0, 0.1) is 22.5 Å². The van der Waals surface area contributed by atoms with Gasteiger partial charge in [0.05, 0.1) is 26.6 Å². The number of amides is 1. The van der Waals surface area contributed by atoms with E-state index in [9.17, 15) is 23.3 Å². The molecule has 0 bridgehead atoms. The number of fused-ring (bicyclic) bond motifs is 1. The van der Waals surface area contributed by atoms with Gasteiger partial charge in [-0.25, -0.2) is 13.6 Å². The molecule has 0 fully saturated rings. The normalized spacial score (nSPS) is 12.1. The summed E-state index contributed by atoms with van der Waals surface area (Å²) < 4.78 is 25.1. The quantitative estimate of drug-likeness (QED) is 0.369. The molecule has 0 spiro atoms. The van der Waals surface area contributed by atoms with Crippen molar-refractivity contribution in [3.63, 3.8) is 0 Å². The van der Waals surface area contributed by atoms with Crippen LogP contribution in [0.15, 0.2) is 46.3 Å². The number of carbonyl (C=O) groups is 1. The van der Waals surface area contributed by atoms with E-state index < -0.39 is 26.5 Å². The topological polar surface area (TPSA) is 138 Å². The second-order valence-corrected chi connectivity index (χ2v) is 8.69. The standard InChI is InChI=1S/C17H11ClN4O5S2/c1-2-7-21-14-6-4-11(29(19,26)27)9-15(14)28-17(21)20-16(23)12-8-10(18)3-5-13(12)22(24)25/h1,3-6,8-9H,7H2,(H2,19,26,27). The fourth-order valence-electron chi connectivity index (χ4n) is 2.55. The minimum atomic E-state index is -3.93. The number of nitro groups is 1. The first-order valence-electron chi connectivity index (χ1n) is 7.74. The Balaban J connectivity index is 2.23. The van der Waals surface area contributed by atoms with Crippen LogP contribution >= 0.6 is 22.9 Å². The van der Waals surface area contributed by atoms with Gasteiger partial charge in [0.25, 0.3) is 11.6 Å². The van der Waals surface area contributed by atoms with Crippen LogP contribution in [0.4, 0.5) is 5.69 Å². The Morgan fingerprint density at radius 1 is 1.34 bits per heavy atom. The summed E-state index contributed by atoms with van der Waals surface area (Å²) in [5.41, 5.74) is -0.186. The second kappa shape index (κ2) is 7.76. The van der Waals surface area contributed by atoms with E-state index >= 15 is 0 Å². The minimum Gasteiger partial charge on any atom is -0.305 e. The van der Waals surface area contributed by atoms with Gasteiger partial charge < -0.3 is 4.57 Å². The number of sulfonamides is 1. The zero-order chi connectivity index (χ0) is 21.3. The third kappa shape index (κ3) is 4.20. The van der Waals surface area contributed by atoms with Crippen molar-refractivity contribution in [1.82, 2.24) is 4.57 Å². The molecule has 1 heterocycles. The van der Waals surface area contributed by atoms with Gasteiger partial charge in [-0.15, -0.1) is 6.42 Å². The highest BCUT2D eigenvalue weighted by atomic mass is 35.5. The molecule has 2 N–H and O–H groups in total. The molecule has 0 saturated heterocycles. The lowest BCUT2D eigenvalue weighted by Gasteiger charge is -2.02. The van der Waals surface area contributed by atoms with E-state index in [0.717, 1.165) is 23.5 Å². The van der Waals surface area contributed by atoms with Crippen molar-refractivity contribution in [2.75, 3.05) is 0 Å². The molecule has 3 rings (SSSR count). The zero-order valence-corrected chi connectivity index (χ0v) is 16.8. The summed E-state index contributed by atoms with van der Waals surface area (Å²) in [6, 6.07) is 7.71. The Morgan fingerprint density at radius 3 is 2.69 bits per heavy atom. The summed E-state index contributed by atoms with van der Waals surface area (Å²) in [7, 11) is -3.93. The molecule has 29 heavy (non-hydrogen) atoms. The van der Waals surface area contributed by atoms with Gasteiger partial charge in [-0.05, 0) is 30.3 Å². The van der Waals surface area contributed by atoms with E-state index in [2.05, 4.69) is 10.9 Å². The predicted octanol–water partition coefficient (Wildman–Crippen LogP) is 2.29. The molecule has 148 valence electrons. The smallest absolute Gasteiger partial charge is 0.286 e. The van der Waals surface area contributed by atoms with Crippen molar-refractivity contribution < 1.29 is 18.1 Å². The molecule has 3 aromatic rings. The largest absolute Gasteiger partial charge is 0.305 e. The summed E-state index contributed by atoms with van der Waals surface area (Å²) in [5.74, 6) is 1.54. The first kappa shape index (κ1) is 20.7. The molecular weight excluding hydrogens is 440 g/mol. The van der Waals surface area contributed by atoms with E-state index in [1.54, 1.807) is 0 Å². The average Bonchev–Trinajstić information content (AvgIpc) is 2.97. The maximum Gasteiger partial charge on any atom is 0.286 e. The summed E-state index contributed by atoms with van der Waals surface area (Å²) in [6.45, 7) is 0.0402. The van der Waals surface area contributed by atoms with Gasteiger partial charge in [0.15, 0.2) is 4.80 Å². The molecule has 12 heteroatoms. The Hall–Kier alpha value is -3.04. The Kier molecular flexibility index (Phi) is 5.54. The van der Waals surface area contributed by atoms with Gasteiger partial charge in [-0.2, -0.15) is 4.99 Å². The second-order valence-electron chi connectivity index (χ2n) is 5.68. The van der Waals surface area contributed by atoms with Crippen molar-refractivity contribution in [2.45, 2.75) is 11.4 Å². The lowest BCUT2D eigenvalue weighted by molar-refractivity contribution is -0.385. The number of rotatable bonds is 4. The first-order valence-corrected chi connectivity index (χ1v) is 10.5. The molecule has 9 nitrogen and oxygen atoms in total. The van der Waals surface area contributed by atoms with Crippen molar-refractivity contribution in [3.8, 4) is 12.3 Å². The number of nitro benzene ring substituents is 1. The van der Waals surface area contributed by atoms with Gasteiger partial charge in [0.2, 0.25) is 10.0 Å². The number of aromatic nitrogens is 1. The van der Waals surface area contributed by atoms with E-state index in [0.29, 0.717) is 10.2 Å². The minimum absolute atomic E-state index is 0.0402. The number of nitrogens with two attached hydrogens (primary N) is 1. The van der Waals surface area contributed by atoms with E-state index in [-0.39, 0.29) is 26.8 Å². The van der Waals surface area contributed by atoms with Crippen LogP contribution in [0.25, 0.3) is 10.2 Å². The zero-order valence-electron chi connectivity index (χ0n) is 14.4. The third-order valence-corrected chi connectivity index (χ3v) is 6.00. The molecule has 0 aliphatic carbocycles. The summed E-state index contributed by atoms with van der Waals surface area (Å²) >= 11 is 6.85. The van der Waals surface area contributed by atoms with E-state index in [1.165, 1.54) is 28.8 Å². The molecule has 0 atom stereocenters. The van der Waals surface area contributed by atoms with Crippen LogP contribution in [0.1, 0.15) is 10.4 Å².